The van der Waals surface area contributed by atoms with E-state index >= 15 is 0 Å². The molecule has 2 heterocycles. The van der Waals surface area contributed by atoms with Crippen molar-refractivity contribution >= 4 is 28.9 Å². The average Bonchev–Trinajstić information content (AvgIpc) is 2.57. The van der Waals surface area contributed by atoms with Crippen molar-refractivity contribution in [3.05, 3.63) is 71.8 Å². The van der Waals surface area contributed by atoms with Crippen molar-refractivity contribution in [2.24, 2.45) is 0 Å². The lowest BCUT2D eigenvalue weighted by atomic mass is 10.3. The number of halogens is 1. The van der Waals surface area contributed by atoms with Crippen LogP contribution >= 0.6 is 11.6 Å². The Labute approximate surface area is 133 Å². The van der Waals surface area contributed by atoms with E-state index in [0.29, 0.717) is 11.6 Å². The summed E-state index contributed by atoms with van der Waals surface area (Å²) in [6, 6.07) is 13.2. The van der Waals surface area contributed by atoms with Crippen molar-refractivity contribution in [1.29, 1.82) is 0 Å². The molecule has 0 aliphatic rings. The summed E-state index contributed by atoms with van der Waals surface area (Å²) in [7, 11) is 0. The number of rotatable bonds is 5. The zero-order valence-corrected chi connectivity index (χ0v) is 12.5. The Morgan fingerprint density at radius 3 is 2.41 bits per heavy atom. The minimum atomic E-state index is 0.680. The predicted octanol–water partition coefficient (Wildman–Crippen LogP) is 3.88. The molecule has 0 saturated carbocycles. The van der Waals surface area contributed by atoms with Crippen molar-refractivity contribution in [1.82, 2.24) is 15.0 Å². The number of benzene rings is 1. The number of nitrogens with zero attached hydrogens (tertiary/aromatic N) is 3. The highest BCUT2D eigenvalue weighted by Crippen LogP contribution is 2.18. The fourth-order valence-electron chi connectivity index (χ4n) is 1.90. The van der Waals surface area contributed by atoms with Gasteiger partial charge in [-0.1, -0.05) is 11.6 Å². The van der Waals surface area contributed by atoms with Gasteiger partial charge in [-0.3, -0.25) is 4.98 Å². The molecule has 0 saturated heterocycles. The highest BCUT2D eigenvalue weighted by Gasteiger charge is 2.00. The monoisotopic (exact) mass is 311 g/mol. The predicted molar refractivity (Wildman–Crippen MR) is 88.3 cm³/mol. The van der Waals surface area contributed by atoms with Gasteiger partial charge in [-0.15, -0.1) is 0 Å². The van der Waals surface area contributed by atoms with Gasteiger partial charge in [-0.25, -0.2) is 9.97 Å². The van der Waals surface area contributed by atoms with Crippen LogP contribution in [0, 0.1) is 0 Å². The molecule has 110 valence electrons. The van der Waals surface area contributed by atoms with Gasteiger partial charge < -0.3 is 10.6 Å². The van der Waals surface area contributed by atoms with E-state index < -0.39 is 0 Å². The summed E-state index contributed by atoms with van der Waals surface area (Å²) in [6.45, 7) is 0.680. The lowest BCUT2D eigenvalue weighted by molar-refractivity contribution is 1.07. The van der Waals surface area contributed by atoms with Crippen LogP contribution in [0.4, 0.5) is 17.3 Å². The van der Waals surface area contributed by atoms with Crippen molar-refractivity contribution in [2.45, 2.75) is 6.54 Å². The third-order valence-electron chi connectivity index (χ3n) is 3.01. The standard InChI is InChI=1S/C16H14ClN5/c17-13-1-3-14(4-2-13)22-16-9-15(20-11-21-16)19-10-12-5-7-18-8-6-12/h1-9,11H,10H2,(H2,19,20,21,22). The molecule has 3 rings (SSSR count). The molecular formula is C16H14ClN5. The Balaban J connectivity index is 1.66. The molecule has 3 aromatic rings. The van der Waals surface area contributed by atoms with Gasteiger partial charge in [0.2, 0.25) is 0 Å². The Kier molecular flexibility index (Phi) is 4.46. The molecule has 0 spiro atoms. The molecule has 0 amide bonds. The third-order valence-corrected chi connectivity index (χ3v) is 3.26. The van der Waals surface area contributed by atoms with Gasteiger partial charge in [-0.05, 0) is 42.0 Å². The number of pyridine rings is 1. The molecule has 22 heavy (non-hydrogen) atoms. The topological polar surface area (TPSA) is 62.7 Å². The van der Waals surface area contributed by atoms with Gasteiger partial charge >= 0.3 is 0 Å². The van der Waals surface area contributed by atoms with Crippen LogP contribution in [0.5, 0.6) is 0 Å². The lowest BCUT2D eigenvalue weighted by Gasteiger charge is -2.08. The SMILES string of the molecule is Clc1ccc(Nc2cc(NCc3ccncc3)ncn2)cc1. The van der Waals surface area contributed by atoms with Crippen molar-refractivity contribution in [2.75, 3.05) is 10.6 Å². The molecular weight excluding hydrogens is 298 g/mol. The van der Waals surface area contributed by atoms with Crippen LogP contribution < -0.4 is 10.6 Å². The molecule has 5 nitrogen and oxygen atoms in total. The number of hydrogen-bond acceptors (Lipinski definition) is 5. The summed E-state index contributed by atoms with van der Waals surface area (Å²) >= 11 is 5.87. The van der Waals surface area contributed by atoms with E-state index in [0.717, 1.165) is 22.9 Å². The maximum absolute atomic E-state index is 5.87. The highest BCUT2D eigenvalue weighted by molar-refractivity contribution is 6.30. The van der Waals surface area contributed by atoms with E-state index in [2.05, 4.69) is 25.6 Å². The van der Waals surface area contributed by atoms with Crippen molar-refractivity contribution < 1.29 is 0 Å². The molecule has 0 unspecified atom stereocenters. The summed E-state index contributed by atoms with van der Waals surface area (Å²) in [5, 5.41) is 7.17. The zero-order valence-electron chi connectivity index (χ0n) is 11.7. The Hall–Kier alpha value is -2.66. The quantitative estimate of drug-likeness (QED) is 0.748. The summed E-state index contributed by atoms with van der Waals surface area (Å²) in [4.78, 5) is 12.4. The van der Waals surface area contributed by atoms with Crippen molar-refractivity contribution in [3.63, 3.8) is 0 Å². The first-order valence-corrected chi connectivity index (χ1v) is 7.15. The molecule has 0 radical (unpaired) electrons. The average molecular weight is 312 g/mol. The van der Waals surface area contributed by atoms with E-state index in [1.54, 1.807) is 12.4 Å². The molecule has 2 N–H and O–H groups in total. The Bertz CT molecular complexity index is 731. The normalized spacial score (nSPS) is 10.2. The van der Waals surface area contributed by atoms with E-state index in [1.807, 2.05) is 42.5 Å². The van der Waals surface area contributed by atoms with Gasteiger partial charge in [0.05, 0.1) is 0 Å². The molecule has 6 heteroatoms. The third kappa shape index (κ3) is 3.93. The number of hydrogen-bond donors (Lipinski definition) is 2. The van der Waals surface area contributed by atoms with Gasteiger partial charge in [0, 0.05) is 35.7 Å². The fraction of sp³-hybridized carbons (Fsp3) is 0.0625. The minimum absolute atomic E-state index is 0.680. The van der Waals surface area contributed by atoms with Crippen LogP contribution in [0.25, 0.3) is 0 Å². The zero-order chi connectivity index (χ0) is 15.2. The largest absolute Gasteiger partial charge is 0.366 e. The molecule has 0 aliphatic carbocycles. The summed E-state index contributed by atoms with van der Waals surface area (Å²) in [6.07, 6.45) is 5.06. The smallest absolute Gasteiger partial charge is 0.135 e. The fourth-order valence-corrected chi connectivity index (χ4v) is 2.02. The van der Waals surface area contributed by atoms with Gasteiger partial charge in [0.25, 0.3) is 0 Å². The van der Waals surface area contributed by atoms with Gasteiger partial charge in [-0.2, -0.15) is 0 Å². The molecule has 2 aromatic heterocycles. The minimum Gasteiger partial charge on any atom is -0.366 e. The van der Waals surface area contributed by atoms with Crippen LogP contribution in [-0.4, -0.2) is 15.0 Å². The number of aromatic nitrogens is 3. The second-order valence-electron chi connectivity index (χ2n) is 4.63. The molecule has 1 aromatic carbocycles. The van der Waals surface area contributed by atoms with E-state index in [9.17, 15) is 0 Å². The van der Waals surface area contributed by atoms with Crippen LogP contribution in [0.15, 0.2) is 61.2 Å². The van der Waals surface area contributed by atoms with Crippen LogP contribution in [-0.2, 0) is 6.54 Å². The summed E-state index contributed by atoms with van der Waals surface area (Å²) in [5.41, 5.74) is 2.06. The number of anilines is 3. The van der Waals surface area contributed by atoms with E-state index in [1.165, 1.54) is 6.33 Å². The summed E-state index contributed by atoms with van der Waals surface area (Å²) < 4.78 is 0. The highest BCUT2D eigenvalue weighted by atomic mass is 35.5. The second kappa shape index (κ2) is 6.87. The first kappa shape index (κ1) is 14.3. The maximum atomic E-state index is 5.87. The maximum Gasteiger partial charge on any atom is 0.135 e. The van der Waals surface area contributed by atoms with Crippen LogP contribution in [0.2, 0.25) is 5.02 Å². The molecule has 0 aliphatic heterocycles. The lowest BCUT2D eigenvalue weighted by Crippen LogP contribution is -2.03. The van der Waals surface area contributed by atoms with Gasteiger partial charge in [0.1, 0.15) is 18.0 Å². The van der Waals surface area contributed by atoms with Gasteiger partial charge in [0.15, 0.2) is 0 Å². The molecule has 0 bridgehead atoms. The van der Waals surface area contributed by atoms with E-state index in [4.69, 9.17) is 11.6 Å². The first-order valence-electron chi connectivity index (χ1n) is 6.77. The van der Waals surface area contributed by atoms with Crippen LogP contribution in [0.1, 0.15) is 5.56 Å². The summed E-state index contributed by atoms with van der Waals surface area (Å²) in [5.74, 6) is 1.47. The van der Waals surface area contributed by atoms with Crippen molar-refractivity contribution in [3.8, 4) is 0 Å². The Morgan fingerprint density at radius 2 is 1.64 bits per heavy atom. The first-order chi connectivity index (χ1) is 10.8. The Morgan fingerprint density at radius 1 is 0.909 bits per heavy atom. The molecule has 0 fully saturated rings. The molecule has 0 atom stereocenters. The van der Waals surface area contributed by atoms with E-state index in [-0.39, 0.29) is 0 Å². The second-order valence-corrected chi connectivity index (χ2v) is 5.07. The number of nitrogens with one attached hydrogen (secondary N) is 2. The van der Waals surface area contributed by atoms with Crippen LogP contribution in [0.3, 0.4) is 0 Å².